The van der Waals surface area contributed by atoms with Crippen LogP contribution in [0.4, 0.5) is 0 Å². The van der Waals surface area contributed by atoms with E-state index in [1.165, 1.54) is 0 Å². The number of allylic oxidation sites excluding steroid dienone is 4. The molecule has 0 spiro atoms. The molecule has 0 aromatic carbocycles. The maximum Gasteiger partial charge on any atom is 0.317 e. The molecule has 94 valence electrons. The van der Waals surface area contributed by atoms with Crippen LogP contribution in [0, 0.1) is 16.2 Å². The van der Waals surface area contributed by atoms with Crippen LogP contribution in [-0.4, -0.2) is 11.1 Å². The first-order valence-corrected chi connectivity index (χ1v) is 5.91. The second kappa shape index (κ2) is 4.17. The summed E-state index contributed by atoms with van der Waals surface area (Å²) in [7, 11) is 0. The van der Waals surface area contributed by atoms with Gasteiger partial charge in [-0.15, -0.1) is 0 Å². The van der Waals surface area contributed by atoms with Crippen molar-refractivity contribution >= 4 is 5.97 Å². The second-order valence-electron chi connectivity index (χ2n) is 6.23. The van der Waals surface area contributed by atoms with E-state index < -0.39 is 11.4 Å². The summed E-state index contributed by atoms with van der Waals surface area (Å²) in [5.41, 5.74) is -1.18. The molecule has 1 N–H and O–H groups in total. The van der Waals surface area contributed by atoms with Crippen LogP contribution >= 0.6 is 0 Å². The predicted octanol–water partition coefficient (Wildman–Crippen LogP) is 3.81. The number of carbonyl (C=O) groups is 1. The molecule has 0 aromatic heterocycles. The lowest BCUT2D eigenvalue weighted by Gasteiger charge is -2.19. The van der Waals surface area contributed by atoms with Crippen LogP contribution in [0.3, 0.4) is 0 Å². The largest absolute Gasteiger partial charge is 0.480 e. The van der Waals surface area contributed by atoms with Crippen molar-refractivity contribution in [3.05, 3.63) is 36.5 Å². The van der Waals surface area contributed by atoms with Crippen molar-refractivity contribution < 1.29 is 9.90 Å². The maximum absolute atomic E-state index is 11.4. The fourth-order valence-electron chi connectivity index (χ4n) is 1.51. The van der Waals surface area contributed by atoms with Crippen molar-refractivity contribution in [2.75, 3.05) is 0 Å². The average Bonchev–Trinajstić information content (AvgIpc) is 2.24. The van der Waals surface area contributed by atoms with Crippen LogP contribution in [0.25, 0.3) is 0 Å². The first kappa shape index (κ1) is 13.8. The first-order chi connectivity index (χ1) is 7.56. The monoisotopic (exact) mass is 234 g/mol. The normalized spacial score (nSPS) is 30.4. The standard InChI is InChI=1S/C15H22O2/c1-13(2)6-7-14(3,4)9-11-15(5,10-8-13)12(16)17/h6-11H,1-5H3,(H,16,17)/b7-6-,10-8-,11-9-. The van der Waals surface area contributed by atoms with E-state index in [1.54, 1.807) is 19.1 Å². The van der Waals surface area contributed by atoms with Crippen LogP contribution in [-0.2, 0) is 4.79 Å². The molecule has 0 aliphatic heterocycles. The van der Waals surface area contributed by atoms with Crippen LogP contribution in [0.15, 0.2) is 36.5 Å². The molecule has 0 fully saturated rings. The summed E-state index contributed by atoms with van der Waals surface area (Å²) < 4.78 is 0. The van der Waals surface area contributed by atoms with Gasteiger partial charge in [0, 0.05) is 10.8 Å². The van der Waals surface area contributed by atoms with E-state index >= 15 is 0 Å². The fraction of sp³-hybridized carbons (Fsp3) is 0.533. The number of hydrogen-bond acceptors (Lipinski definition) is 1. The molecule has 0 heterocycles. The van der Waals surface area contributed by atoms with Gasteiger partial charge in [0.1, 0.15) is 5.41 Å². The molecule has 1 aliphatic carbocycles. The molecular formula is C15H22O2. The van der Waals surface area contributed by atoms with E-state index in [0.717, 1.165) is 0 Å². The number of rotatable bonds is 1. The van der Waals surface area contributed by atoms with Crippen molar-refractivity contribution in [1.29, 1.82) is 0 Å². The van der Waals surface area contributed by atoms with Gasteiger partial charge in [-0.1, -0.05) is 64.2 Å². The number of carboxylic acids is 1. The van der Waals surface area contributed by atoms with Gasteiger partial charge in [-0.05, 0) is 6.92 Å². The molecule has 0 radical (unpaired) electrons. The molecule has 0 saturated heterocycles. The molecule has 2 heteroatoms. The van der Waals surface area contributed by atoms with Crippen molar-refractivity contribution in [2.45, 2.75) is 34.6 Å². The smallest absolute Gasteiger partial charge is 0.317 e. The summed E-state index contributed by atoms with van der Waals surface area (Å²) in [5, 5.41) is 9.32. The van der Waals surface area contributed by atoms with E-state index in [1.807, 2.05) is 12.2 Å². The minimum atomic E-state index is -0.930. The molecule has 1 rings (SSSR count). The van der Waals surface area contributed by atoms with Gasteiger partial charge in [0.25, 0.3) is 0 Å². The molecule has 0 aromatic rings. The van der Waals surface area contributed by atoms with E-state index in [9.17, 15) is 9.90 Å². The molecule has 1 aliphatic rings. The van der Waals surface area contributed by atoms with Gasteiger partial charge in [0.05, 0.1) is 0 Å². The summed E-state index contributed by atoms with van der Waals surface area (Å²) in [4.78, 5) is 11.4. The topological polar surface area (TPSA) is 37.3 Å². The molecule has 0 unspecified atom stereocenters. The lowest BCUT2D eigenvalue weighted by molar-refractivity contribution is -0.142. The van der Waals surface area contributed by atoms with Crippen molar-refractivity contribution in [3.8, 4) is 0 Å². The van der Waals surface area contributed by atoms with E-state index in [2.05, 4.69) is 39.8 Å². The lowest BCUT2D eigenvalue weighted by atomic mass is 9.85. The Morgan fingerprint density at radius 2 is 1.06 bits per heavy atom. The highest BCUT2D eigenvalue weighted by molar-refractivity contribution is 5.79. The Kier molecular flexibility index (Phi) is 3.37. The van der Waals surface area contributed by atoms with E-state index in [-0.39, 0.29) is 10.8 Å². The Hall–Kier alpha value is -1.31. The van der Waals surface area contributed by atoms with Gasteiger partial charge in [0.15, 0.2) is 0 Å². The van der Waals surface area contributed by atoms with E-state index in [4.69, 9.17) is 0 Å². The summed E-state index contributed by atoms with van der Waals surface area (Å²) in [5.74, 6) is -0.821. The SMILES string of the molecule is CC1(C)/C=C\C(C)(C)/C=C\C(C)(C(=O)O)/C=C\1. The van der Waals surface area contributed by atoms with Crippen LogP contribution in [0.2, 0.25) is 0 Å². The Morgan fingerprint density at radius 1 is 0.765 bits per heavy atom. The van der Waals surface area contributed by atoms with Gasteiger partial charge in [-0.25, -0.2) is 0 Å². The minimum Gasteiger partial charge on any atom is -0.480 e. The Morgan fingerprint density at radius 3 is 1.35 bits per heavy atom. The Bertz CT molecular complexity index is 367. The molecule has 2 nitrogen and oxygen atoms in total. The third kappa shape index (κ3) is 3.58. The molecule has 0 amide bonds. The summed E-state index contributed by atoms with van der Waals surface area (Å²) in [6, 6.07) is 0. The van der Waals surface area contributed by atoms with Crippen LogP contribution in [0.1, 0.15) is 34.6 Å². The summed E-state index contributed by atoms with van der Waals surface area (Å²) in [6.45, 7) is 10.0. The van der Waals surface area contributed by atoms with E-state index in [0.29, 0.717) is 0 Å². The maximum atomic E-state index is 11.4. The number of aliphatic carboxylic acids is 1. The average molecular weight is 234 g/mol. The zero-order valence-electron chi connectivity index (χ0n) is 11.3. The molecule has 17 heavy (non-hydrogen) atoms. The molecular weight excluding hydrogens is 212 g/mol. The quantitative estimate of drug-likeness (QED) is 0.700. The van der Waals surface area contributed by atoms with Crippen LogP contribution in [0.5, 0.6) is 0 Å². The lowest BCUT2D eigenvalue weighted by Crippen LogP contribution is -2.23. The molecule has 0 saturated carbocycles. The van der Waals surface area contributed by atoms with Crippen LogP contribution < -0.4 is 0 Å². The third-order valence-corrected chi connectivity index (χ3v) is 3.12. The zero-order valence-corrected chi connectivity index (χ0v) is 11.3. The summed E-state index contributed by atoms with van der Waals surface area (Å²) >= 11 is 0. The number of carboxylic acid groups (broad SMARTS) is 1. The highest BCUT2D eigenvalue weighted by Crippen LogP contribution is 2.32. The third-order valence-electron chi connectivity index (χ3n) is 3.12. The van der Waals surface area contributed by atoms with Gasteiger partial charge < -0.3 is 5.11 Å². The fourth-order valence-corrected chi connectivity index (χ4v) is 1.51. The highest BCUT2D eigenvalue weighted by Gasteiger charge is 2.29. The summed E-state index contributed by atoms with van der Waals surface area (Å²) in [6.07, 6.45) is 11.7. The zero-order chi connectivity index (χ0) is 13.3. The Labute approximate surface area is 104 Å². The first-order valence-electron chi connectivity index (χ1n) is 5.91. The second-order valence-corrected chi connectivity index (χ2v) is 6.23. The number of hydrogen-bond donors (Lipinski definition) is 1. The predicted molar refractivity (Wildman–Crippen MR) is 70.7 cm³/mol. The van der Waals surface area contributed by atoms with Gasteiger partial charge in [-0.2, -0.15) is 0 Å². The highest BCUT2D eigenvalue weighted by atomic mass is 16.4. The van der Waals surface area contributed by atoms with Gasteiger partial charge in [0.2, 0.25) is 0 Å². The molecule has 0 bridgehead atoms. The van der Waals surface area contributed by atoms with Crippen molar-refractivity contribution in [3.63, 3.8) is 0 Å². The van der Waals surface area contributed by atoms with Crippen molar-refractivity contribution in [1.82, 2.24) is 0 Å². The van der Waals surface area contributed by atoms with Gasteiger partial charge >= 0.3 is 5.97 Å². The van der Waals surface area contributed by atoms with Gasteiger partial charge in [-0.3, -0.25) is 4.79 Å². The van der Waals surface area contributed by atoms with Crippen molar-refractivity contribution in [2.24, 2.45) is 16.2 Å². The molecule has 0 atom stereocenters. The Balaban J connectivity index is 3.28. The minimum absolute atomic E-state index is 0.125.